The van der Waals surface area contributed by atoms with Crippen LogP contribution in [0.2, 0.25) is 0 Å². The van der Waals surface area contributed by atoms with Gasteiger partial charge in [-0.05, 0) is 49.2 Å². The van der Waals surface area contributed by atoms with Crippen molar-refractivity contribution in [1.82, 2.24) is 14.8 Å². The van der Waals surface area contributed by atoms with E-state index in [9.17, 15) is 4.79 Å². The molecule has 1 N–H and O–H groups in total. The minimum atomic E-state index is 0.0892. The lowest BCUT2D eigenvalue weighted by Gasteiger charge is -2.05. The number of hydrogen-bond donors (Lipinski definition) is 1. The Morgan fingerprint density at radius 3 is 2.79 bits per heavy atom. The van der Waals surface area contributed by atoms with Crippen LogP contribution in [-0.2, 0) is 7.05 Å². The van der Waals surface area contributed by atoms with Crippen molar-refractivity contribution in [1.29, 1.82) is 0 Å². The number of carbonyl (C=O) groups is 1. The fraction of sp³-hybridized carbons (Fsp3) is 0.235. The first-order valence-corrected chi connectivity index (χ1v) is 9.28. The number of aryl methyl sites for hydroxylation is 3. The number of benzene rings is 1. The molecule has 3 rings (SSSR count). The fourth-order valence-electron chi connectivity index (χ4n) is 2.21. The Balaban J connectivity index is 1.60. The Kier molecular flexibility index (Phi) is 5.01. The van der Waals surface area contributed by atoms with Crippen molar-refractivity contribution in [3.05, 3.63) is 53.3 Å². The molecule has 0 unspecified atom stereocenters. The van der Waals surface area contributed by atoms with Crippen molar-refractivity contribution < 1.29 is 4.79 Å². The molecule has 0 bridgehead atoms. The molecule has 0 aliphatic heterocycles. The van der Waals surface area contributed by atoms with Crippen molar-refractivity contribution in [3.63, 3.8) is 0 Å². The normalized spacial score (nSPS) is 10.8. The predicted octanol–water partition coefficient (Wildman–Crippen LogP) is 4.21. The highest BCUT2D eigenvalue weighted by atomic mass is 32.2. The number of hydrogen-bond acceptors (Lipinski definition) is 6. The number of rotatable bonds is 6. The van der Waals surface area contributed by atoms with E-state index >= 15 is 0 Å². The monoisotopic (exact) mass is 358 g/mol. The molecule has 1 aromatic carbocycles. The summed E-state index contributed by atoms with van der Waals surface area (Å²) in [5.41, 5.74) is 4.19. The number of Topliss-reactive ketones (excluding diaryl/α,β-unsaturated/α-hetero) is 1. The van der Waals surface area contributed by atoms with E-state index < -0.39 is 0 Å². The molecule has 124 valence electrons. The molecule has 0 fully saturated rings. The van der Waals surface area contributed by atoms with Gasteiger partial charge >= 0.3 is 0 Å². The SMILES string of the molecule is Cc1ccc(Nc2nnc(SCC(=O)c3cccn3C)s2)cc1C. The summed E-state index contributed by atoms with van der Waals surface area (Å²) in [4.78, 5) is 12.2. The van der Waals surface area contributed by atoms with Gasteiger partial charge < -0.3 is 9.88 Å². The van der Waals surface area contributed by atoms with Crippen molar-refractivity contribution in [2.75, 3.05) is 11.1 Å². The lowest BCUT2D eigenvalue weighted by Crippen LogP contribution is -2.07. The number of aromatic nitrogens is 3. The van der Waals surface area contributed by atoms with E-state index in [1.54, 1.807) is 0 Å². The van der Waals surface area contributed by atoms with Crippen molar-refractivity contribution in [3.8, 4) is 0 Å². The van der Waals surface area contributed by atoms with E-state index in [1.165, 1.54) is 34.2 Å². The number of anilines is 2. The Morgan fingerprint density at radius 1 is 1.25 bits per heavy atom. The second kappa shape index (κ2) is 7.19. The van der Waals surface area contributed by atoms with Crippen LogP contribution < -0.4 is 5.32 Å². The molecule has 0 amide bonds. The van der Waals surface area contributed by atoms with Gasteiger partial charge in [0.25, 0.3) is 0 Å². The smallest absolute Gasteiger partial charge is 0.210 e. The van der Waals surface area contributed by atoms with Crippen LogP contribution in [0.3, 0.4) is 0 Å². The minimum absolute atomic E-state index is 0.0892. The summed E-state index contributed by atoms with van der Waals surface area (Å²) in [7, 11) is 1.87. The average molecular weight is 358 g/mol. The molecule has 7 heteroatoms. The zero-order valence-corrected chi connectivity index (χ0v) is 15.4. The number of nitrogens with one attached hydrogen (secondary N) is 1. The average Bonchev–Trinajstić information content (AvgIpc) is 3.17. The van der Waals surface area contributed by atoms with Gasteiger partial charge in [0.15, 0.2) is 10.1 Å². The van der Waals surface area contributed by atoms with E-state index in [4.69, 9.17) is 0 Å². The molecule has 5 nitrogen and oxygen atoms in total. The Labute approximate surface area is 149 Å². The standard InChI is InChI=1S/C17H18N4OS2/c1-11-6-7-13(9-12(11)2)18-16-19-20-17(24-16)23-10-15(22)14-5-4-8-21(14)3/h4-9H,10H2,1-3H3,(H,18,19). The van der Waals surface area contributed by atoms with Crippen LogP contribution in [0.15, 0.2) is 40.9 Å². The zero-order chi connectivity index (χ0) is 17.1. The van der Waals surface area contributed by atoms with Gasteiger partial charge in [-0.15, -0.1) is 10.2 Å². The summed E-state index contributed by atoms with van der Waals surface area (Å²) in [6, 6.07) is 9.88. The van der Waals surface area contributed by atoms with Crippen LogP contribution in [0.4, 0.5) is 10.8 Å². The third kappa shape index (κ3) is 3.85. The van der Waals surface area contributed by atoms with Crippen LogP contribution in [0.25, 0.3) is 0 Å². The van der Waals surface area contributed by atoms with Gasteiger partial charge in [-0.25, -0.2) is 0 Å². The van der Waals surface area contributed by atoms with Crippen molar-refractivity contribution >= 4 is 39.7 Å². The molecule has 2 heterocycles. The summed E-state index contributed by atoms with van der Waals surface area (Å²) in [6.07, 6.45) is 1.87. The van der Waals surface area contributed by atoms with E-state index in [0.29, 0.717) is 11.4 Å². The molecule has 0 radical (unpaired) electrons. The summed E-state index contributed by atoms with van der Waals surface area (Å²) in [5.74, 6) is 0.446. The van der Waals surface area contributed by atoms with Crippen molar-refractivity contribution in [2.24, 2.45) is 7.05 Å². The molecule has 0 atom stereocenters. The lowest BCUT2D eigenvalue weighted by atomic mass is 10.1. The second-order valence-electron chi connectivity index (χ2n) is 5.51. The topological polar surface area (TPSA) is 59.8 Å². The summed E-state index contributed by atoms with van der Waals surface area (Å²) in [5, 5.41) is 12.3. The maximum Gasteiger partial charge on any atom is 0.210 e. The quantitative estimate of drug-likeness (QED) is 0.528. The maximum atomic E-state index is 12.2. The van der Waals surface area contributed by atoms with Gasteiger partial charge in [-0.1, -0.05) is 29.2 Å². The van der Waals surface area contributed by atoms with E-state index in [1.807, 2.05) is 36.0 Å². The predicted molar refractivity (Wildman–Crippen MR) is 99.6 cm³/mol. The number of thioether (sulfide) groups is 1. The van der Waals surface area contributed by atoms with Crippen LogP contribution in [0, 0.1) is 13.8 Å². The highest BCUT2D eigenvalue weighted by molar-refractivity contribution is 8.01. The number of carbonyl (C=O) groups excluding carboxylic acids is 1. The molecular formula is C17H18N4OS2. The highest BCUT2D eigenvalue weighted by Gasteiger charge is 2.12. The maximum absolute atomic E-state index is 12.2. The van der Waals surface area contributed by atoms with Gasteiger partial charge in [0, 0.05) is 18.9 Å². The number of ketones is 1. The number of nitrogens with zero attached hydrogens (tertiary/aromatic N) is 3. The fourth-order valence-corrected chi connectivity index (χ4v) is 3.86. The highest BCUT2D eigenvalue weighted by Crippen LogP contribution is 2.28. The van der Waals surface area contributed by atoms with Crippen molar-refractivity contribution in [2.45, 2.75) is 18.2 Å². The van der Waals surface area contributed by atoms with Crippen LogP contribution >= 0.6 is 23.1 Å². The molecule has 24 heavy (non-hydrogen) atoms. The lowest BCUT2D eigenvalue weighted by molar-refractivity contribution is 0.101. The first kappa shape index (κ1) is 16.7. The summed E-state index contributed by atoms with van der Waals surface area (Å²) in [6.45, 7) is 4.17. The third-order valence-corrected chi connectivity index (χ3v) is 5.69. The van der Waals surface area contributed by atoms with E-state index in [0.717, 1.165) is 15.2 Å². The molecule has 0 saturated heterocycles. The van der Waals surface area contributed by atoms with Gasteiger partial charge in [-0.2, -0.15) is 0 Å². The first-order valence-electron chi connectivity index (χ1n) is 7.48. The van der Waals surface area contributed by atoms with Crippen LogP contribution in [-0.4, -0.2) is 26.3 Å². The Hall–Kier alpha value is -2.12. The van der Waals surface area contributed by atoms with E-state index in [2.05, 4.69) is 41.5 Å². The summed E-state index contributed by atoms with van der Waals surface area (Å²) >= 11 is 2.87. The largest absolute Gasteiger partial charge is 0.348 e. The van der Waals surface area contributed by atoms with E-state index in [-0.39, 0.29) is 5.78 Å². The van der Waals surface area contributed by atoms with Gasteiger partial charge in [0.2, 0.25) is 5.13 Å². The minimum Gasteiger partial charge on any atom is -0.348 e. The second-order valence-corrected chi connectivity index (χ2v) is 7.71. The van der Waals surface area contributed by atoms with Gasteiger partial charge in [-0.3, -0.25) is 4.79 Å². The molecule has 0 aliphatic carbocycles. The van der Waals surface area contributed by atoms with Crippen LogP contribution in [0.1, 0.15) is 21.6 Å². The van der Waals surface area contributed by atoms with Gasteiger partial charge in [0.1, 0.15) is 0 Å². The third-order valence-electron chi connectivity index (χ3n) is 3.72. The molecular weight excluding hydrogens is 340 g/mol. The molecule has 0 aliphatic rings. The molecule has 2 aromatic heterocycles. The Morgan fingerprint density at radius 2 is 2.08 bits per heavy atom. The first-order chi connectivity index (χ1) is 11.5. The molecule has 0 spiro atoms. The molecule has 0 saturated carbocycles. The molecule has 3 aromatic rings. The zero-order valence-electron chi connectivity index (χ0n) is 13.7. The summed E-state index contributed by atoms with van der Waals surface area (Å²) < 4.78 is 2.61. The Bertz CT molecular complexity index is 869. The van der Waals surface area contributed by atoms with Gasteiger partial charge in [0.05, 0.1) is 11.4 Å². The van der Waals surface area contributed by atoms with Crippen LogP contribution in [0.5, 0.6) is 0 Å².